The van der Waals surface area contributed by atoms with Crippen LogP contribution in [0.1, 0.15) is 37.9 Å². The third-order valence-electron chi connectivity index (χ3n) is 7.25. The number of nitrogens with zero attached hydrogens (tertiary/aromatic N) is 6. The van der Waals surface area contributed by atoms with Gasteiger partial charge in [-0.15, -0.1) is 0 Å². The number of aromatic nitrogens is 3. The number of carbonyl (C=O) groups is 1. The van der Waals surface area contributed by atoms with Gasteiger partial charge in [0.2, 0.25) is 0 Å². The molecule has 0 spiro atoms. The highest BCUT2D eigenvalue weighted by Crippen LogP contribution is 2.38. The zero-order valence-electron chi connectivity index (χ0n) is 25.2. The molecule has 14 heteroatoms. The molecule has 5 rings (SSSR count). The number of nitro groups is 1. The highest BCUT2D eigenvalue weighted by atomic mass is 32.2. The molecule has 0 aliphatic carbocycles. The number of rotatable bonds is 10. The lowest BCUT2D eigenvalue weighted by atomic mass is 9.93. The second-order valence-corrected chi connectivity index (χ2v) is 11.8. The topological polar surface area (TPSA) is 142 Å². The minimum absolute atomic E-state index is 0.143. The van der Waals surface area contributed by atoms with Crippen molar-refractivity contribution in [2.45, 2.75) is 36.9 Å². The van der Waals surface area contributed by atoms with Crippen LogP contribution in [0.3, 0.4) is 0 Å². The normalized spacial score (nSPS) is 14.5. The molecular formula is C31H30N6O6S2. The molecule has 0 fully saturated rings. The van der Waals surface area contributed by atoms with E-state index in [-0.39, 0.29) is 11.6 Å². The van der Waals surface area contributed by atoms with Crippen molar-refractivity contribution in [3.63, 3.8) is 0 Å². The van der Waals surface area contributed by atoms with Gasteiger partial charge in [-0.1, -0.05) is 17.4 Å². The van der Waals surface area contributed by atoms with Crippen LogP contribution in [-0.2, 0) is 4.79 Å². The van der Waals surface area contributed by atoms with Gasteiger partial charge < -0.3 is 14.4 Å². The number of methoxy groups -OCH3 is 2. The number of nitro benzene ring substituents is 1. The Hall–Kier alpha value is -4.82. The van der Waals surface area contributed by atoms with E-state index >= 15 is 0 Å². The number of benzene rings is 2. The molecule has 4 aromatic rings. The molecule has 1 atom stereocenters. The van der Waals surface area contributed by atoms with Crippen LogP contribution in [0.15, 0.2) is 86.0 Å². The Bertz CT molecular complexity index is 1990. The molecule has 12 nitrogen and oxygen atoms in total. The van der Waals surface area contributed by atoms with Crippen LogP contribution >= 0.6 is 23.1 Å². The van der Waals surface area contributed by atoms with Crippen molar-refractivity contribution in [3.05, 3.63) is 107 Å². The molecule has 0 bridgehead atoms. The summed E-state index contributed by atoms with van der Waals surface area (Å²) >= 11 is 2.22. The lowest BCUT2D eigenvalue weighted by Gasteiger charge is -2.30. The molecule has 232 valence electrons. The molecule has 1 amide bonds. The van der Waals surface area contributed by atoms with Crippen LogP contribution < -0.4 is 24.4 Å². The van der Waals surface area contributed by atoms with Crippen molar-refractivity contribution < 1.29 is 19.2 Å². The molecule has 3 heterocycles. The van der Waals surface area contributed by atoms with Crippen LogP contribution in [0.25, 0.3) is 6.08 Å². The summed E-state index contributed by atoms with van der Waals surface area (Å²) < 4.78 is 13.0. The first-order chi connectivity index (χ1) is 21.7. The maximum atomic E-state index is 14.2. The smallest absolute Gasteiger partial charge is 0.283 e. The molecule has 0 unspecified atom stereocenters. The molecular weight excluding hydrogens is 617 g/mol. The van der Waals surface area contributed by atoms with E-state index in [0.717, 1.165) is 23.1 Å². The van der Waals surface area contributed by atoms with Gasteiger partial charge in [-0.25, -0.2) is 15.0 Å². The van der Waals surface area contributed by atoms with E-state index in [2.05, 4.69) is 9.97 Å². The van der Waals surface area contributed by atoms with E-state index in [1.807, 2.05) is 13.8 Å². The Morgan fingerprint density at radius 2 is 1.87 bits per heavy atom. The molecule has 1 aliphatic rings. The van der Waals surface area contributed by atoms with Gasteiger partial charge in [0.25, 0.3) is 17.2 Å². The molecule has 1 aliphatic heterocycles. The largest absolute Gasteiger partial charge is 0.497 e. The summed E-state index contributed by atoms with van der Waals surface area (Å²) in [5.74, 6) is 0.765. The minimum atomic E-state index is -0.861. The van der Waals surface area contributed by atoms with Crippen LogP contribution in [0.4, 0.5) is 5.69 Å². The van der Waals surface area contributed by atoms with Crippen LogP contribution in [0, 0.1) is 10.1 Å². The fourth-order valence-corrected chi connectivity index (χ4v) is 6.91. The Labute approximate surface area is 266 Å². The average Bonchev–Trinajstić information content (AvgIpc) is 3.35. The number of thiazole rings is 1. The first-order valence-corrected chi connectivity index (χ1v) is 15.6. The Morgan fingerprint density at radius 3 is 2.51 bits per heavy atom. The van der Waals surface area contributed by atoms with Crippen molar-refractivity contribution in [1.29, 1.82) is 0 Å². The highest BCUT2D eigenvalue weighted by Gasteiger charge is 2.36. The maximum Gasteiger partial charge on any atom is 0.283 e. The number of hydrogen-bond donors (Lipinski definition) is 0. The Morgan fingerprint density at radius 1 is 1.13 bits per heavy atom. The van der Waals surface area contributed by atoms with E-state index in [9.17, 15) is 19.7 Å². The predicted molar refractivity (Wildman–Crippen MR) is 170 cm³/mol. The fraction of sp³-hybridized carbons (Fsp3) is 0.258. The van der Waals surface area contributed by atoms with Gasteiger partial charge in [0.05, 0.1) is 39.8 Å². The highest BCUT2D eigenvalue weighted by molar-refractivity contribution is 7.99. The van der Waals surface area contributed by atoms with Gasteiger partial charge >= 0.3 is 0 Å². The number of allylic oxidation sites excluding steroid dienone is 1. The Kier molecular flexibility index (Phi) is 9.44. The zero-order chi connectivity index (χ0) is 32.2. The quantitative estimate of drug-likeness (QED) is 0.142. The summed E-state index contributed by atoms with van der Waals surface area (Å²) in [5.41, 5.74) is 1.31. The molecule has 45 heavy (non-hydrogen) atoms. The van der Waals surface area contributed by atoms with Gasteiger partial charge in [-0.2, -0.15) is 0 Å². The summed E-state index contributed by atoms with van der Waals surface area (Å²) in [7, 11) is 3.06. The lowest BCUT2D eigenvalue weighted by Crippen LogP contribution is -2.43. The SMILES string of the molecule is CCN(CC)C(=O)C1=C(C)N=c2s/c(=C\c3ccc(Sc4ncccn4)c([N+](=O)[O-])c3)c(=O)n2[C@H]1c1cc(OC)ccc1OC. The van der Waals surface area contributed by atoms with Crippen molar-refractivity contribution in [3.8, 4) is 11.5 Å². The first-order valence-electron chi connectivity index (χ1n) is 14.0. The van der Waals surface area contributed by atoms with Gasteiger partial charge in [0.1, 0.15) is 17.5 Å². The van der Waals surface area contributed by atoms with Crippen LogP contribution in [0.2, 0.25) is 0 Å². The van der Waals surface area contributed by atoms with E-state index in [1.54, 1.807) is 66.7 Å². The van der Waals surface area contributed by atoms with E-state index < -0.39 is 16.5 Å². The zero-order valence-corrected chi connectivity index (χ0v) is 26.8. The minimum Gasteiger partial charge on any atom is -0.497 e. The summed E-state index contributed by atoms with van der Waals surface area (Å²) in [4.78, 5) is 55.0. The van der Waals surface area contributed by atoms with Gasteiger partial charge in [0, 0.05) is 37.1 Å². The number of fused-ring (bicyclic) bond motifs is 1. The van der Waals surface area contributed by atoms with Crippen molar-refractivity contribution in [2.24, 2.45) is 4.99 Å². The second-order valence-electron chi connectivity index (χ2n) is 9.78. The van der Waals surface area contributed by atoms with E-state index in [0.29, 0.717) is 66.4 Å². The Balaban J connectivity index is 1.69. The lowest BCUT2D eigenvalue weighted by molar-refractivity contribution is -0.387. The van der Waals surface area contributed by atoms with Crippen molar-refractivity contribution in [2.75, 3.05) is 27.3 Å². The number of likely N-dealkylation sites (N-methyl/N-ethyl adjacent to an activating group) is 1. The monoisotopic (exact) mass is 646 g/mol. The van der Waals surface area contributed by atoms with Crippen molar-refractivity contribution >= 4 is 40.8 Å². The second kappa shape index (κ2) is 13.4. The molecule has 0 N–H and O–H groups in total. The summed E-state index contributed by atoms with van der Waals surface area (Å²) in [6.45, 7) is 6.49. The maximum absolute atomic E-state index is 14.2. The van der Waals surface area contributed by atoms with Crippen molar-refractivity contribution in [1.82, 2.24) is 19.4 Å². The van der Waals surface area contributed by atoms with Gasteiger partial charge in [0.15, 0.2) is 9.96 Å². The van der Waals surface area contributed by atoms with Crippen LogP contribution in [-0.4, -0.2) is 57.6 Å². The van der Waals surface area contributed by atoms with Gasteiger partial charge in [-0.3, -0.25) is 24.3 Å². The molecule has 0 saturated heterocycles. The number of carbonyl (C=O) groups excluding carboxylic acids is 1. The number of ether oxygens (including phenoxy) is 2. The third-order valence-corrected chi connectivity index (χ3v) is 9.20. The molecule has 0 saturated carbocycles. The summed E-state index contributed by atoms with van der Waals surface area (Å²) in [6.07, 6.45) is 4.72. The number of amides is 1. The molecule has 2 aromatic heterocycles. The summed E-state index contributed by atoms with van der Waals surface area (Å²) in [5, 5.41) is 12.4. The molecule has 2 aromatic carbocycles. The van der Waals surface area contributed by atoms with E-state index in [4.69, 9.17) is 14.5 Å². The third kappa shape index (κ3) is 6.24. The summed E-state index contributed by atoms with van der Waals surface area (Å²) in [6, 6.07) is 10.7. The molecule has 0 radical (unpaired) electrons. The van der Waals surface area contributed by atoms with E-state index in [1.165, 1.54) is 24.9 Å². The first kappa shape index (κ1) is 31.6. The fourth-order valence-electron chi connectivity index (χ4n) is 5.06. The average molecular weight is 647 g/mol. The standard InChI is InChI=1S/C31H30N6O6S2/c1-6-35(7-2)29(39)26-18(3)34-31-36(27(26)21-17-20(42-4)10-11-23(21)43-5)28(38)25(45-31)16-19-9-12-24(22(15-19)37(40)41)44-30-32-13-8-14-33-30/h8-17,27H,6-7H2,1-5H3/b25-16-/t27-/m0/s1. The predicted octanol–water partition coefficient (Wildman–Crippen LogP) is 3.97. The van der Waals surface area contributed by atoms with Gasteiger partial charge in [-0.05, 0) is 74.5 Å². The van der Waals surface area contributed by atoms with Crippen LogP contribution in [0.5, 0.6) is 11.5 Å². The number of hydrogen-bond acceptors (Lipinski definition) is 11.